The van der Waals surface area contributed by atoms with Crippen molar-refractivity contribution in [1.29, 1.82) is 0 Å². The summed E-state index contributed by atoms with van der Waals surface area (Å²) < 4.78 is 4.74. The average molecular weight is 763 g/mol. The summed E-state index contributed by atoms with van der Waals surface area (Å²) >= 11 is 0. The van der Waals surface area contributed by atoms with Gasteiger partial charge in [-0.2, -0.15) is 0 Å². The van der Waals surface area contributed by atoms with Gasteiger partial charge >= 0.3 is 12.1 Å². The maximum atomic E-state index is 13.6. The third-order valence-corrected chi connectivity index (χ3v) is 10.5. The van der Waals surface area contributed by atoms with Crippen molar-refractivity contribution in [2.24, 2.45) is 5.92 Å². The molecule has 0 spiro atoms. The number of alkyl carbamates (subject to hydrolysis) is 1. The molecule has 6 rings (SSSR count). The Labute approximate surface area is 327 Å². The molecule has 2 aliphatic heterocycles. The van der Waals surface area contributed by atoms with E-state index in [0.29, 0.717) is 37.4 Å². The molecule has 4 aromatic rings. The quantitative estimate of drug-likeness (QED) is 0.150. The lowest BCUT2D eigenvalue weighted by atomic mass is 10.0. The van der Waals surface area contributed by atoms with Crippen molar-refractivity contribution >= 4 is 35.5 Å². The van der Waals surface area contributed by atoms with Crippen LogP contribution in [0.5, 0.6) is 0 Å². The molecule has 0 bridgehead atoms. The van der Waals surface area contributed by atoms with Crippen molar-refractivity contribution in [3.8, 4) is 22.4 Å². The fraction of sp³-hybridized carbons (Fsp3) is 0.381. The number of hydrogen-bond acceptors (Lipinski definition) is 8. The minimum atomic E-state index is -0.737. The number of benzene rings is 3. The number of urea groups is 1. The standard InChI is InChI=1S/C42H50N8O6/c1-26(2)35(46-42(55)56-5)39(52)49-23-9-13-33(49)37-43-25-32(45-37)29-17-15-27(16-18-29)28-19-21-31(22-20-28)44-41(54)47-38(51)34-14-10-24-50(34)40(53)36(48(3)4)30-11-7-6-8-12-30/h6-8,11-12,15-22,25-26,33-36H,9-10,13-14,23-24H2,1-5H3,(H,43,45)(H,46,55)(H2,44,47,51,54)/t33?,34?,35-,36?/m0/s1. The number of methoxy groups -OCH3 is 1. The van der Waals surface area contributed by atoms with E-state index in [9.17, 15) is 24.0 Å². The maximum Gasteiger partial charge on any atom is 0.407 e. The second-order valence-electron chi connectivity index (χ2n) is 14.8. The molecule has 14 heteroatoms. The molecule has 14 nitrogen and oxygen atoms in total. The van der Waals surface area contributed by atoms with Gasteiger partial charge in [-0.25, -0.2) is 14.6 Å². The van der Waals surface area contributed by atoms with Crippen LogP contribution in [0.2, 0.25) is 0 Å². The van der Waals surface area contributed by atoms with Crippen LogP contribution in [0.4, 0.5) is 15.3 Å². The number of amides is 6. The van der Waals surface area contributed by atoms with Crippen LogP contribution in [0, 0.1) is 5.92 Å². The number of aromatic amines is 1. The molecule has 2 aliphatic rings. The summed E-state index contributed by atoms with van der Waals surface area (Å²) in [6.07, 6.45) is 3.87. The van der Waals surface area contributed by atoms with E-state index in [1.54, 1.807) is 28.1 Å². The molecule has 0 radical (unpaired) electrons. The minimum absolute atomic E-state index is 0.119. The number of H-pyrrole nitrogens is 1. The maximum absolute atomic E-state index is 13.6. The first-order chi connectivity index (χ1) is 26.9. The molecule has 0 saturated carbocycles. The predicted octanol–water partition coefficient (Wildman–Crippen LogP) is 5.73. The zero-order valence-electron chi connectivity index (χ0n) is 32.5. The van der Waals surface area contributed by atoms with Crippen LogP contribution >= 0.6 is 0 Å². The Bertz CT molecular complexity index is 2010. The number of carbonyl (C=O) groups is 5. The van der Waals surface area contributed by atoms with Crippen LogP contribution in [0.1, 0.15) is 63.0 Å². The van der Waals surface area contributed by atoms with Gasteiger partial charge in [-0.1, -0.05) is 80.6 Å². The number of rotatable bonds is 11. The van der Waals surface area contributed by atoms with Crippen LogP contribution in [0.25, 0.3) is 22.4 Å². The van der Waals surface area contributed by atoms with E-state index in [1.807, 2.05) is 99.6 Å². The van der Waals surface area contributed by atoms with Gasteiger partial charge in [0.1, 0.15) is 23.9 Å². The zero-order chi connectivity index (χ0) is 39.9. The predicted molar refractivity (Wildman–Crippen MR) is 212 cm³/mol. The van der Waals surface area contributed by atoms with Gasteiger partial charge in [0, 0.05) is 18.8 Å². The highest BCUT2D eigenvalue weighted by Crippen LogP contribution is 2.33. The van der Waals surface area contributed by atoms with Gasteiger partial charge in [0.15, 0.2) is 0 Å². The summed E-state index contributed by atoms with van der Waals surface area (Å²) in [7, 11) is 4.95. The van der Waals surface area contributed by atoms with Crippen molar-refractivity contribution in [1.82, 2.24) is 35.3 Å². The number of likely N-dealkylation sites (N-methyl/N-ethyl adjacent to an activating group) is 1. The van der Waals surface area contributed by atoms with Crippen LogP contribution in [0.15, 0.2) is 85.1 Å². The van der Waals surface area contributed by atoms with Crippen molar-refractivity contribution < 1.29 is 28.7 Å². The number of imide groups is 1. The van der Waals surface area contributed by atoms with E-state index in [-0.39, 0.29) is 23.8 Å². The third-order valence-electron chi connectivity index (χ3n) is 10.5. The van der Waals surface area contributed by atoms with Gasteiger partial charge < -0.3 is 30.2 Å². The smallest absolute Gasteiger partial charge is 0.407 e. The molecule has 4 N–H and O–H groups in total. The van der Waals surface area contributed by atoms with E-state index in [1.165, 1.54) is 7.11 Å². The fourth-order valence-corrected chi connectivity index (χ4v) is 7.55. The molecule has 3 unspecified atom stereocenters. The second-order valence-corrected chi connectivity index (χ2v) is 14.8. The summed E-state index contributed by atoms with van der Waals surface area (Å²) in [4.78, 5) is 78.4. The van der Waals surface area contributed by atoms with E-state index in [2.05, 4.69) is 25.9 Å². The molecule has 2 saturated heterocycles. The second kappa shape index (κ2) is 17.6. The number of hydrogen-bond donors (Lipinski definition) is 4. The molecule has 0 aliphatic carbocycles. The highest BCUT2D eigenvalue weighted by atomic mass is 16.5. The molecular formula is C42H50N8O6. The van der Waals surface area contributed by atoms with Crippen molar-refractivity contribution in [3.63, 3.8) is 0 Å². The zero-order valence-corrected chi connectivity index (χ0v) is 32.5. The van der Waals surface area contributed by atoms with Crippen molar-refractivity contribution in [2.45, 2.75) is 63.7 Å². The number of nitrogens with zero attached hydrogens (tertiary/aromatic N) is 4. The van der Waals surface area contributed by atoms with Gasteiger partial charge in [0.05, 0.1) is 25.0 Å². The summed E-state index contributed by atoms with van der Waals surface area (Å²) in [6.45, 7) is 4.79. The number of imidazole rings is 1. The molecule has 2 fully saturated rings. The lowest BCUT2D eigenvalue weighted by Crippen LogP contribution is -2.51. The SMILES string of the molecule is COC(=O)N[C@H](C(=O)N1CCCC1c1ncc(-c2ccc(-c3ccc(NC(=O)NC(=O)C4CCCN4C(=O)C(c4ccccc4)N(C)C)cc3)cc2)[nH]1)C(C)C. The molecule has 6 amide bonds. The summed E-state index contributed by atoms with van der Waals surface area (Å²) in [5.41, 5.74) is 4.99. The van der Waals surface area contributed by atoms with Gasteiger partial charge in [-0.3, -0.25) is 24.6 Å². The van der Waals surface area contributed by atoms with Gasteiger partial charge in [-0.05, 0) is 80.1 Å². The van der Waals surface area contributed by atoms with Gasteiger partial charge in [0.25, 0.3) is 5.91 Å². The highest BCUT2D eigenvalue weighted by Gasteiger charge is 2.39. The molecule has 3 heterocycles. The van der Waals surface area contributed by atoms with Crippen LogP contribution in [-0.2, 0) is 19.1 Å². The first kappa shape index (κ1) is 39.7. The summed E-state index contributed by atoms with van der Waals surface area (Å²) in [5.74, 6) is -0.270. The molecule has 4 atom stereocenters. The van der Waals surface area contributed by atoms with Crippen LogP contribution < -0.4 is 16.0 Å². The van der Waals surface area contributed by atoms with Crippen molar-refractivity contribution in [2.75, 3.05) is 39.6 Å². The topological polar surface area (TPSA) is 169 Å². The molecule has 1 aromatic heterocycles. The number of likely N-dealkylation sites (tertiary alicyclic amines) is 2. The molecule has 3 aromatic carbocycles. The van der Waals surface area contributed by atoms with Crippen LogP contribution in [-0.4, -0.2) is 101 Å². The Morgan fingerprint density at radius 2 is 1.45 bits per heavy atom. The highest BCUT2D eigenvalue weighted by molar-refractivity contribution is 6.04. The van der Waals surface area contributed by atoms with E-state index >= 15 is 0 Å². The Hall–Kier alpha value is -6.02. The van der Waals surface area contributed by atoms with Crippen molar-refractivity contribution in [3.05, 3.63) is 96.4 Å². The monoisotopic (exact) mass is 762 g/mol. The number of nitrogens with one attached hydrogen (secondary N) is 4. The average Bonchev–Trinajstić information content (AvgIpc) is 3.99. The Morgan fingerprint density at radius 3 is 2.09 bits per heavy atom. The minimum Gasteiger partial charge on any atom is -0.453 e. The van der Waals surface area contributed by atoms with Gasteiger partial charge in [0.2, 0.25) is 11.8 Å². The number of aromatic nitrogens is 2. The van der Waals surface area contributed by atoms with Crippen LogP contribution in [0.3, 0.4) is 0 Å². The summed E-state index contributed by atoms with van der Waals surface area (Å²) in [5, 5.41) is 7.84. The number of anilines is 1. The Balaban J connectivity index is 1.04. The summed E-state index contributed by atoms with van der Waals surface area (Å²) in [6, 6.07) is 21.8. The van der Waals surface area contributed by atoms with E-state index < -0.39 is 36.2 Å². The number of carbonyl (C=O) groups excluding carboxylic acids is 5. The number of ether oxygens (including phenoxy) is 1. The largest absolute Gasteiger partial charge is 0.453 e. The lowest BCUT2D eigenvalue weighted by molar-refractivity contribution is -0.142. The van der Waals surface area contributed by atoms with Gasteiger partial charge in [-0.15, -0.1) is 0 Å². The Morgan fingerprint density at radius 1 is 0.821 bits per heavy atom. The Kier molecular flexibility index (Phi) is 12.5. The first-order valence-corrected chi connectivity index (χ1v) is 19.0. The molecule has 294 valence electrons. The lowest BCUT2D eigenvalue weighted by Gasteiger charge is -2.31. The normalized spacial score (nSPS) is 17.8. The van der Waals surface area contributed by atoms with E-state index in [0.717, 1.165) is 40.8 Å². The molecular weight excluding hydrogens is 713 g/mol. The first-order valence-electron chi connectivity index (χ1n) is 19.0. The fourth-order valence-electron chi connectivity index (χ4n) is 7.55. The van der Waals surface area contributed by atoms with E-state index in [4.69, 9.17) is 4.74 Å². The molecule has 56 heavy (non-hydrogen) atoms. The third kappa shape index (κ3) is 8.92.